The number of hydrogen-bond acceptors (Lipinski definition) is 2. The van der Waals surface area contributed by atoms with Crippen LogP contribution in [-0.4, -0.2) is 25.5 Å². The van der Waals surface area contributed by atoms with E-state index in [1.54, 1.807) is 11.2 Å². The highest BCUT2D eigenvalue weighted by molar-refractivity contribution is 5.80. The number of hydrogen-bond donors (Lipinski definition) is 2. The van der Waals surface area contributed by atoms with Gasteiger partial charge in [0, 0.05) is 18.8 Å². The van der Waals surface area contributed by atoms with Gasteiger partial charge in [-0.1, -0.05) is 0 Å². The van der Waals surface area contributed by atoms with Crippen LogP contribution in [0.2, 0.25) is 0 Å². The molecular formula is C14H21N2O2+. The largest absolute Gasteiger partial charge is 0.463 e. The number of carbonyl (C=O) groups excluding carboxylic acids is 1. The third-order valence-corrected chi connectivity index (χ3v) is 4.05. The van der Waals surface area contributed by atoms with Crippen LogP contribution in [0.4, 0.5) is 0 Å². The average Bonchev–Trinajstić information content (AvgIpc) is 2.89. The number of amides is 1. The Morgan fingerprint density at radius 3 is 2.83 bits per heavy atom. The molecule has 2 heterocycles. The number of rotatable bonds is 5. The molecule has 0 radical (unpaired) electrons. The Labute approximate surface area is 107 Å². The minimum Gasteiger partial charge on any atom is -0.463 e. The molecule has 1 saturated heterocycles. The Kier molecular flexibility index (Phi) is 3.37. The Hall–Kier alpha value is -1.29. The fourth-order valence-electron chi connectivity index (χ4n) is 2.81. The van der Waals surface area contributed by atoms with E-state index in [0.29, 0.717) is 6.54 Å². The second kappa shape index (κ2) is 5.14. The van der Waals surface area contributed by atoms with Gasteiger partial charge in [-0.3, -0.25) is 4.79 Å². The van der Waals surface area contributed by atoms with E-state index in [0.717, 1.165) is 18.6 Å². The van der Waals surface area contributed by atoms with Crippen molar-refractivity contribution in [2.24, 2.45) is 5.92 Å². The first-order valence-corrected chi connectivity index (χ1v) is 7.00. The van der Waals surface area contributed by atoms with Crippen molar-refractivity contribution in [3.05, 3.63) is 24.2 Å². The van der Waals surface area contributed by atoms with Crippen molar-refractivity contribution in [3.63, 3.8) is 0 Å². The van der Waals surface area contributed by atoms with Gasteiger partial charge in [-0.25, -0.2) is 0 Å². The molecule has 1 saturated carbocycles. The fraction of sp³-hybridized carbons (Fsp3) is 0.643. The molecule has 2 fully saturated rings. The normalized spacial score (nSPS) is 22.0. The summed E-state index contributed by atoms with van der Waals surface area (Å²) in [5, 5.41) is 3.09. The van der Waals surface area contributed by atoms with Gasteiger partial charge in [0.15, 0.2) is 11.8 Å². The maximum absolute atomic E-state index is 11.7. The van der Waals surface area contributed by atoms with Crippen LogP contribution < -0.4 is 10.2 Å². The molecule has 3 rings (SSSR count). The van der Waals surface area contributed by atoms with Crippen molar-refractivity contribution in [1.82, 2.24) is 5.32 Å². The lowest BCUT2D eigenvalue weighted by Gasteiger charge is -2.23. The number of furan rings is 1. The maximum Gasteiger partial charge on any atom is 0.223 e. The summed E-state index contributed by atoms with van der Waals surface area (Å²) in [6, 6.07) is 4.24. The number of likely N-dealkylation sites (tertiary alicyclic amines) is 1. The molecule has 0 aromatic carbocycles. The van der Waals surface area contributed by atoms with Crippen LogP contribution in [-0.2, 0) is 4.79 Å². The van der Waals surface area contributed by atoms with Gasteiger partial charge in [0.1, 0.15) is 0 Å². The molecule has 1 amide bonds. The van der Waals surface area contributed by atoms with E-state index in [2.05, 4.69) is 5.32 Å². The van der Waals surface area contributed by atoms with E-state index in [1.807, 2.05) is 12.1 Å². The van der Waals surface area contributed by atoms with Gasteiger partial charge >= 0.3 is 0 Å². The van der Waals surface area contributed by atoms with Gasteiger partial charge in [-0.15, -0.1) is 0 Å². The molecule has 18 heavy (non-hydrogen) atoms. The Morgan fingerprint density at radius 1 is 1.44 bits per heavy atom. The van der Waals surface area contributed by atoms with Crippen molar-refractivity contribution < 1.29 is 14.1 Å². The van der Waals surface area contributed by atoms with E-state index in [-0.39, 0.29) is 17.9 Å². The molecule has 0 unspecified atom stereocenters. The minimum atomic E-state index is 0.227. The summed E-state index contributed by atoms with van der Waals surface area (Å²) < 4.78 is 5.54. The van der Waals surface area contributed by atoms with Crippen molar-refractivity contribution in [1.29, 1.82) is 0 Å². The zero-order valence-corrected chi connectivity index (χ0v) is 10.7. The van der Waals surface area contributed by atoms with Crippen LogP contribution >= 0.6 is 0 Å². The molecular weight excluding hydrogens is 228 g/mol. The molecule has 0 bridgehead atoms. The zero-order chi connectivity index (χ0) is 12.4. The summed E-state index contributed by atoms with van der Waals surface area (Å²) in [7, 11) is 0. The third-order valence-electron chi connectivity index (χ3n) is 4.05. The molecule has 1 aromatic rings. The topological polar surface area (TPSA) is 46.7 Å². The maximum atomic E-state index is 11.7. The second-order valence-corrected chi connectivity index (χ2v) is 5.45. The highest BCUT2D eigenvalue weighted by atomic mass is 16.3. The molecule has 0 spiro atoms. The minimum absolute atomic E-state index is 0.227. The van der Waals surface area contributed by atoms with Gasteiger partial charge in [0.2, 0.25) is 5.91 Å². The van der Waals surface area contributed by atoms with Crippen molar-refractivity contribution >= 4 is 5.91 Å². The molecule has 1 aliphatic carbocycles. The van der Waals surface area contributed by atoms with Gasteiger partial charge in [0.25, 0.3) is 0 Å². The molecule has 1 atom stereocenters. The van der Waals surface area contributed by atoms with E-state index >= 15 is 0 Å². The molecule has 2 aliphatic rings. The predicted molar refractivity (Wildman–Crippen MR) is 67.1 cm³/mol. The number of nitrogens with one attached hydrogen (secondary N) is 2. The SMILES string of the molecule is O=C(NC[C@@H](c1ccco1)[NH+]1CCCC1)C1CC1. The van der Waals surface area contributed by atoms with Gasteiger partial charge in [-0.05, 0) is 25.0 Å². The van der Waals surface area contributed by atoms with Crippen molar-refractivity contribution in [2.75, 3.05) is 19.6 Å². The first-order chi connectivity index (χ1) is 8.84. The lowest BCUT2D eigenvalue weighted by atomic mass is 10.2. The van der Waals surface area contributed by atoms with E-state index < -0.39 is 0 Å². The van der Waals surface area contributed by atoms with Gasteiger partial charge < -0.3 is 14.6 Å². The van der Waals surface area contributed by atoms with E-state index in [9.17, 15) is 4.79 Å². The lowest BCUT2D eigenvalue weighted by molar-refractivity contribution is -0.919. The van der Waals surface area contributed by atoms with Crippen LogP contribution in [0.1, 0.15) is 37.5 Å². The quantitative estimate of drug-likeness (QED) is 0.799. The molecule has 1 aliphatic heterocycles. The second-order valence-electron chi connectivity index (χ2n) is 5.45. The van der Waals surface area contributed by atoms with Crippen LogP contribution in [0.15, 0.2) is 22.8 Å². The molecule has 4 heteroatoms. The third kappa shape index (κ3) is 2.58. The first-order valence-electron chi connectivity index (χ1n) is 7.00. The predicted octanol–water partition coefficient (Wildman–Crippen LogP) is 0.526. The van der Waals surface area contributed by atoms with Crippen LogP contribution in [0, 0.1) is 5.92 Å². The highest BCUT2D eigenvalue weighted by Crippen LogP contribution is 2.28. The molecule has 2 N–H and O–H groups in total. The van der Waals surface area contributed by atoms with Crippen molar-refractivity contribution in [3.8, 4) is 0 Å². The van der Waals surface area contributed by atoms with E-state index in [4.69, 9.17) is 4.42 Å². The molecule has 1 aromatic heterocycles. The number of quaternary nitrogens is 1. The standard InChI is InChI=1S/C14H20N2O2/c17-14(11-5-6-11)15-10-12(13-4-3-9-18-13)16-7-1-2-8-16/h3-4,9,11-12H,1-2,5-8,10H2,(H,15,17)/p+1/t12-/m0/s1. The monoisotopic (exact) mass is 249 g/mol. The van der Waals surface area contributed by atoms with Crippen LogP contribution in [0.5, 0.6) is 0 Å². The van der Waals surface area contributed by atoms with Crippen LogP contribution in [0.25, 0.3) is 0 Å². The number of carbonyl (C=O) groups is 1. The highest BCUT2D eigenvalue weighted by Gasteiger charge is 2.33. The Bertz CT molecular complexity index is 392. The first kappa shape index (κ1) is 11.8. The van der Waals surface area contributed by atoms with E-state index in [1.165, 1.54) is 25.9 Å². The smallest absolute Gasteiger partial charge is 0.223 e. The zero-order valence-electron chi connectivity index (χ0n) is 10.7. The summed E-state index contributed by atoms with van der Waals surface area (Å²) in [6.45, 7) is 3.08. The summed E-state index contributed by atoms with van der Waals surface area (Å²) in [5.41, 5.74) is 0. The molecule has 4 nitrogen and oxygen atoms in total. The Balaban J connectivity index is 1.63. The summed E-state index contributed by atoms with van der Waals surface area (Å²) in [6.07, 6.45) is 6.41. The Morgan fingerprint density at radius 2 is 2.22 bits per heavy atom. The lowest BCUT2D eigenvalue weighted by Crippen LogP contribution is -3.11. The van der Waals surface area contributed by atoms with Gasteiger partial charge in [-0.2, -0.15) is 0 Å². The van der Waals surface area contributed by atoms with Gasteiger partial charge in [0.05, 0.1) is 25.9 Å². The summed E-state index contributed by atoms with van der Waals surface area (Å²) >= 11 is 0. The van der Waals surface area contributed by atoms with Crippen molar-refractivity contribution in [2.45, 2.75) is 31.7 Å². The summed E-state index contributed by atoms with van der Waals surface area (Å²) in [5.74, 6) is 1.52. The summed E-state index contributed by atoms with van der Waals surface area (Å²) in [4.78, 5) is 13.3. The van der Waals surface area contributed by atoms with Crippen LogP contribution in [0.3, 0.4) is 0 Å². The molecule has 98 valence electrons. The average molecular weight is 249 g/mol. The fourth-order valence-corrected chi connectivity index (χ4v) is 2.81.